The predicted molar refractivity (Wildman–Crippen MR) is 77.8 cm³/mol. The minimum Gasteiger partial charge on any atom is -0.313 e. The summed E-state index contributed by atoms with van der Waals surface area (Å²) in [6, 6.07) is 6.88. The maximum atomic E-state index is 12.3. The lowest BCUT2D eigenvalue weighted by molar-refractivity contribution is 0.601. The molecule has 0 aliphatic rings. The first-order valence-corrected chi connectivity index (χ1v) is 7.80. The second-order valence-electron chi connectivity index (χ2n) is 4.44. The van der Waals surface area contributed by atoms with Crippen LogP contribution in [0.1, 0.15) is 12.5 Å². The van der Waals surface area contributed by atoms with Crippen LogP contribution < -0.4 is 10.0 Å². The Balaban J connectivity index is 2.20. The number of aryl methyl sites for hydroxylation is 1. The number of rotatable bonds is 6. The van der Waals surface area contributed by atoms with Gasteiger partial charge in [0.05, 0.1) is 16.8 Å². The van der Waals surface area contributed by atoms with Crippen molar-refractivity contribution in [2.75, 3.05) is 11.3 Å². The molecular weight excluding hydrogens is 276 g/mol. The molecule has 1 aromatic carbocycles. The van der Waals surface area contributed by atoms with Crippen molar-refractivity contribution in [2.45, 2.75) is 18.4 Å². The summed E-state index contributed by atoms with van der Waals surface area (Å²) in [4.78, 5) is 0.247. The fourth-order valence-corrected chi connectivity index (χ4v) is 2.88. The van der Waals surface area contributed by atoms with Gasteiger partial charge in [0.1, 0.15) is 0 Å². The molecular formula is C13H18N4O2S. The van der Waals surface area contributed by atoms with E-state index in [1.807, 2.05) is 13.0 Å². The Kier molecular flexibility index (Phi) is 4.41. The highest BCUT2D eigenvalue weighted by atomic mass is 32.2. The van der Waals surface area contributed by atoms with Gasteiger partial charge in [0.2, 0.25) is 0 Å². The third kappa shape index (κ3) is 3.58. The highest BCUT2D eigenvalue weighted by Gasteiger charge is 2.15. The van der Waals surface area contributed by atoms with E-state index in [2.05, 4.69) is 15.1 Å². The van der Waals surface area contributed by atoms with Crippen LogP contribution in [0.5, 0.6) is 0 Å². The average Bonchev–Trinajstić information content (AvgIpc) is 2.81. The quantitative estimate of drug-likeness (QED) is 0.843. The van der Waals surface area contributed by atoms with Gasteiger partial charge in [-0.05, 0) is 24.2 Å². The largest absolute Gasteiger partial charge is 0.313 e. The van der Waals surface area contributed by atoms with Crippen LogP contribution in [0.3, 0.4) is 0 Å². The number of anilines is 1. The molecule has 0 radical (unpaired) electrons. The maximum Gasteiger partial charge on any atom is 0.262 e. The Morgan fingerprint density at radius 2 is 2.15 bits per heavy atom. The Bertz CT molecular complexity index is 679. The van der Waals surface area contributed by atoms with Gasteiger partial charge in [-0.1, -0.05) is 19.1 Å². The summed E-state index contributed by atoms with van der Waals surface area (Å²) in [7, 11) is -1.85. The third-order valence-electron chi connectivity index (χ3n) is 2.74. The molecule has 0 saturated heterocycles. The molecule has 0 spiro atoms. The van der Waals surface area contributed by atoms with Gasteiger partial charge >= 0.3 is 0 Å². The number of nitrogens with one attached hydrogen (secondary N) is 2. The molecule has 0 amide bonds. The molecule has 0 saturated carbocycles. The van der Waals surface area contributed by atoms with Crippen molar-refractivity contribution in [2.24, 2.45) is 7.05 Å². The summed E-state index contributed by atoms with van der Waals surface area (Å²) < 4.78 is 28.6. The van der Waals surface area contributed by atoms with Crippen LogP contribution in [0.2, 0.25) is 0 Å². The second kappa shape index (κ2) is 6.06. The van der Waals surface area contributed by atoms with E-state index in [0.717, 1.165) is 12.1 Å². The van der Waals surface area contributed by atoms with Gasteiger partial charge in [-0.25, -0.2) is 8.42 Å². The third-order valence-corrected chi connectivity index (χ3v) is 4.12. The van der Waals surface area contributed by atoms with Gasteiger partial charge in [-0.3, -0.25) is 9.40 Å². The van der Waals surface area contributed by atoms with Crippen molar-refractivity contribution in [1.82, 2.24) is 15.1 Å². The fourth-order valence-electron chi connectivity index (χ4n) is 1.78. The van der Waals surface area contributed by atoms with Crippen molar-refractivity contribution >= 4 is 15.7 Å². The Morgan fingerprint density at radius 1 is 1.35 bits per heavy atom. The average molecular weight is 294 g/mol. The van der Waals surface area contributed by atoms with Gasteiger partial charge in [-0.15, -0.1) is 0 Å². The zero-order valence-electron chi connectivity index (χ0n) is 11.5. The molecule has 20 heavy (non-hydrogen) atoms. The molecule has 108 valence electrons. The Morgan fingerprint density at radius 3 is 2.80 bits per heavy atom. The van der Waals surface area contributed by atoms with Crippen LogP contribution in [0.25, 0.3) is 0 Å². The first-order chi connectivity index (χ1) is 9.51. The fraction of sp³-hybridized carbons (Fsp3) is 0.308. The zero-order valence-corrected chi connectivity index (χ0v) is 12.3. The van der Waals surface area contributed by atoms with Crippen molar-refractivity contribution < 1.29 is 8.42 Å². The molecule has 2 aromatic rings. The van der Waals surface area contributed by atoms with E-state index in [0.29, 0.717) is 12.2 Å². The molecule has 0 fully saturated rings. The summed E-state index contributed by atoms with van der Waals surface area (Å²) in [5, 5.41) is 7.10. The summed E-state index contributed by atoms with van der Waals surface area (Å²) in [5.74, 6) is 0. The zero-order chi connectivity index (χ0) is 14.6. The Labute approximate surface area is 118 Å². The molecule has 0 aliphatic carbocycles. The summed E-state index contributed by atoms with van der Waals surface area (Å²) in [6.07, 6.45) is 3.08. The van der Waals surface area contributed by atoms with Crippen molar-refractivity contribution in [1.29, 1.82) is 0 Å². The van der Waals surface area contributed by atoms with Crippen molar-refractivity contribution in [3.05, 3.63) is 42.2 Å². The lowest BCUT2D eigenvalue weighted by Gasteiger charge is -2.08. The van der Waals surface area contributed by atoms with Gasteiger partial charge in [0.25, 0.3) is 10.0 Å². The molecule has 0 unspecified atom stereocenters. The molecule has 6 nitrogen and oxygen atoms in total. The van der Waals surface area contributed by atoms with Crippen LogP contribution >= 0.6 is 0 Å². The lowest BCUT2D eigenvalue weighted by Crippen LogP contribution is -2.15. The van der Waals surface area contributed by atoms with Gasteiger partial charge in [0.15, 0.2) is 0 Å². The molecule has 2 N–H and O–H groups in total. The monoisotopic (exact) mass is 294 g/mol. The van der Waals surface area contributed by atoms with E-state index in [-0.39, 0.29) is 4.90 Å². The summed E-state index contributed by atoms with van der Waals surface area (Å²) >= 11 is 0. The number of aromatic nitrogens is 2. The van der Waals surface area contributed by atoms with E-state index in [4.69, 9.17) is 0 Å². The molecule has 7 heteroatoms. The van der Waals surface area contributed by atoms with Gasteiger partial charge < -0.3 is 5.32 Å². The number of hydrogen-bond acceptors (Lipinski definition) is 4. The SMILES string of the molecule is CCNCc1cccc(S(=O)(=O)Nc2cnn(C)c2)c1. The molecule has 0 atom stereocenters. The van der Waals surface area contributed by atoms with E-state index in [9.17, 15) is 8.42 Å². The summed E-state index contributed by atoms with van der Waals surface area (Å²) in [5.41, 5.74) is 1.38. The normalized spacial score (nSPS) is 11.5. The number of sulfonamides is 1. The van der Waals surface area contributed by atoms with Crippen LogP contribution in [0.15, 0.2) is 41.6 Å². The standard InChI is InChI=1S/C13H18N4O2S/c1-3-14-8-11-5-4-6-13(7-11)20(18,19)16-12-9-15-17(2)10-12/h4-7,9-10,14,16H,3,8H2,1-2H3. The van der Waals surface area contributed by atoms with Crippen LogP contribution in [0, 0.1) is 0 Å². The number of benzene rings is 1. The molecule has 1 aromatic heterocycles. The van der Waals surface area contributed by atoms with E-state index in [1.54, 1.807) is 36.1 Å². The predicted octanol–water partition coefficient (Wildman–Crippen LogP) is 1.33. The lowest BCUT2D eigenvalue weighted by atomic mass is 10.2. The van der Waals surface area contributed by atoms with Crippen molar-refractivity contribution in [3.63, 3.8) is 0 Å². The molecule has 0 bridgehead atoms. The topological polar surface area (TPSA) is 76.0 Å². The number of hydrogen-bond donors (Lipinski definition) is 2. The highest BCUT2D eigenvalue weighted by Crippen LogP contribution is 2.16. The molecule has 2 rings (SSSR count). The Hall–Kier alpha value is -1.86. The number of nitrogens with zero attached hydrogens (tertiary/aromatic N) is 2. The molecule has 0 aliphatic heterocycles. The van der Waals surface area contributed by atoms with Gasteiger partial charge in [0, 0.05) is 19.8 Å². The van der Waals surface area contributed by atoms with Gasteiger partial charge in [-0.2, -0.15) is 5.10 Å². The smallest absolute Gasteiger partial charge is 0.262 e. The highest BCUT2D eigenvalue weighted by molar-refractivity contribution is 7.92. The van der Waals surface area contributed by atoms with Crippen LogP contribution in [-0.4, -0.2) is 24.7 Å². The first kappa shape index (κ1) is 14.5. The second-order valence-corrected chi connectivity index (χ2v) is 6.12. The van der Waals surface area contributed by atoms with E-state index in [1.165, 1.54) is 6.20 Å². The van der Waals surface area contributed by atoms with Crippen molar-refractivity contribution in [3.8, 4) is 0 Å². The summed E-state index contributed by atoms with van der Waals surface area (Å²) in [6.45, 7) is 3.49. The van der Waals surface area contributed by atoms with E-state index < -0.39 is 10.0 Å². The van der Waals surface area contributed by atoms with Crippen LogP contribution in [-0.2, 0) is 23.6 Å². The van der Waals surface area contributed by atoms with E-state index >= 15 is 0 Å². The minimum atomic E-state index is -3.58. The van der Waals surface area contributed by atoms with Crippen LogP contribution in [0.4, 0.5) is 5.69 Å². The first-order valence-electron chi connectivity index (χ1n) is 6.32. The maximum absolute atomic E-state index is 12.3. The minimum absolute atomic E-state index is 0.247. The molecule has 1 heterocycles.